The molecular weight excluding hydrogens is 224 g/mol. The maximum Gasteiger partial charge on any atom is 0.0601 e. The first-order valence-corrected chi connectivity index (χ1v) is 6.85. The standard InChI is InChI=1S/C15H22N2O/c1-17-6-5-12-7-11(3-4-15(12)17)10-16-13-8-14(9-13)18-2/h3-4,7,13-14,16H,5-6,8-10H2,1-2H3. The van der Waals surface area contributed by atoms with Crippen LogP contribution in [0.5, 0.6) is 0 Å². The van der Waals surface area contributed by atoms with Gasteiger partial charge >= 0.3 is 0 Å². The van der Waals surface area contributed by atoms with Gasteiger partial charge in [0, 0.05) is 39.0 Å². The molecule has 2 aliphatic rings. The van der Waals surface area contributed by atoms with Gasteiger partial charge in [0.05, 0.1) is 6.10 Å². The van der Waals surface area contributed by atoms with Crippen LogP contribution in [0.25, 0.3) is 0 Å². The fourth-order valence-electron chi connectivity index (χ4n) is 2.92. The van der Waals surface area contributed by atoms with Gasteiger partial charge in [-0.1, -0.05) is 12.1 Å². The summed E-state index contributed by atoms with van der Waals surface area (Å²) in [6, 6.07) is 7.52. The second kappa shape index (κ2) is 4.90. The average molecular weight is 246 g/mol. The van der Waals surface area contributed by atoms with Crippen molar-refractivity contribution < 1.29 is 4.74 Å². The molecule has 1 aromatic carbocycles. The van der Waals surface area contributed by atoms with Gasteiger partial charge in [-0.05, 0) is 36.5 Å². The van der Waals surface area contributed by atoms with Crippen LogP contribution in [0.3, 0.4) is 0 Å². The molecule has 0 aromatic heterocycles. The third kappa shape index (κ3) is 2.25. The number of ether oxygens (including phenoxy) is 1. The minimum atomic E-state index is 0.483. The van der Waals surface area contributed by atoms with Crippen LogP contribution in [-0.2, 0) is 17.7 Å². The number of nitrogens with one attached hydrogen (secondary N) is 1. The molecule has 0 bridgehead atoms. The molecule has 0 radical (unpaired) electrons. The molecule has 1 aliphatic heterocycles. The van der Waals surface area contributed by atoms with E-state index in [-0.39, 0.29) is 0 Å². The predicted octanol–water partition coefficient (Wildman–Crippen LogP) is 1.95. The van der Waals surface area contributed by atoms with Crippen molar-refractivity contribution >= 4 is 5.69 Å². The fraction of sp³-hybridized carbons (Fsp3) is 0.600. The first kappa shape index (κ1) is 12.0. The number of hydrogen-bond donors (Lipinski definition) is 1. The van der Waals surface area contributed by atoms with E-state index in [1.54, 1.807) is 7.11 Å². The van der Waals surface area contributed by atoms with Gasteiger partial charge in [0.1, 0.15) is 0 Å². The summed E-state index contributed by atoms with van der Waals surface area (Å²) < 4.78 is 5.30. The van der Waals surface area contributed by atoms with E-state index in [0.717, 1.165) is 25.9 Å². The summed E-state index contributed by atoms with van der Waals surface area (Å²) in [7, 11) is 3.97. The molecule has 3 rings (SSSR count). The number of benzene rings is 1. The number of methoxy groups -OCH3 is 1. The van der Waals surface area contributed by atoms with Gasteiger partial charge in [-0.3, -0.25) is 0 Å². The highest BCUT2D eigenvalue weighted by Crippen LogP contribution is 2.28. The van der Waals surface area contributed by atoms with Crippen molar-refractivity contribution in [3.05, 3.63) is 29.3 Å². The van der Waals surface area contributed by atoms with E-state index >= 15 is 0 Å². The Hall–Kier alpha value is -1.06. The predicted molar refractivity (Wildman–Crippen MR) is 74.1 cm³/mol. The van der Waals surface area contributed by atoms with E-state index in [4.69, 9.17) is 4.74 Å². The van der Waals surface area contributed by atoms with E-state index in [9.17, 15) is 0 Å². The van der Waals surface area contributed by atoms with Crippen LogP contribution in [0.4, 0.5) is 5.69 Å². The third-order valence-electron chi connectivity index (χ3n) is 4.29. The van der Waals surface area contributed by atoms with Crippen LogP contribution in [-0.4, -0.2) is 32.8 Å². The van der Waals surface area contributed by atoms with Gasteiger partial charge in [0.2, 0.25) is 0 Å². The van der Waals surface area contributed by atoms with E-state index in [1.807, 2.05) is 0 Å². The molecule has 3 nitrogen and oxygen atoms in total. The number of fused-ring (bicyclic) bond motifs is 1. The van der Waals surface area contributed by atoms with Crippen LogP contribution >= 0.6 is 0 Å². The minimum absolute atomic E-state index is 0.483. The maximum atomic E-state index is 5.30. The Morgan fingerprint density at radius 3 is 3.00 bits per heavy atom. The zero-order chi connectivity index (χ0) is 12.5. The molecule has 1 saturated carbocycles. The van der Waals surface area contributed by atoms with Crippen molar-refractivity contribution in [2.24, 2.45) is 0 Å². The number of anilines is 1. The number of rotatable bonds is 4. The van der Waals surface area contributed by atoms with Crippen molar-refractivity contribution in [3.63, 3.8) is 0 Å². The van der Waals surface area contributed by atoms with E-state index in [2.05, 4.69) is 35.5 Å². The summed E-state index contributed by atoms with van der Waals surface area (Å²) in [5.41, 5.74) is 4.31. The largest absolute Gasteiger partial charge is 0.381 e. The van der Waals surface area contributed by atoms with Crippen molar-refractivity contribution in [1.29, 1.82) is 0 Å². The smallest absolute Gasteiger partial charge is 0.0601 e. The molecule has 0 unspecified atom stereocenters. The van der Waals surface area contributed by atoms with E-state index in [1.165, 1.54) is 23.2 Å². The summed E-state index contributed by atoms with van der Waals surface area (Å²) in [6.45, 7) is 2.14. The maximum absolute atomic E-state index is 5.30. The molecule has 1 fully saturated rings. The minimum Gasteiger partial charge on any atom is -0.381 e. The van der Waals surface area contributed by atoms with Crippen molar-refractivity contribution in [2.75, 3.05) is 25.6 Å². The number of likely N-dealkylation sites (N-methyl/N-ethyl adjacent to an activating group) is 1. The molecule has 1 N–H and O–H groups in total. The highest BCUT2D eigenvalue weighted by Gasteiger charge is 2.28. The SMILES string of the molecule is COC1CC(NCc2ccc3c(c2)CCN3C)C1. The number of hydrogen-bond acceptors (Lipinski definition) is 3. The fourth-order valence-corrected chi connectivity index (χ4v) is 2.92. The lowest BCUT2D eigenvalue weighted by atomic mass is 9.89. The second-order valence-electron chi connectivity index (χ2n) is 5.54. The van der Waals surface area contributed by atoms with Crippen LogP contribution in [0, 0.1) is 0 Å². The molecule has 98 valence electrons. The zero-order valence-corrected chi connectivity index (χ0v) is 11.3. The Balaban J connectivity index is 1.55. The Kier molecular flexibility index (Phi) is 3.27. The second-order valence-corrected chi connectivity index (χ2v) is 5.54. The molecule has 1 heterocycles. The average Bonchev–Trinajstić information content (AvgIpc) is 2.69. The molecule has 1 aromatic rings. The summed E-state index contributed by atoms with van der Waals surface area (Å²) in [5, 5.41) is 3.61. The Morgan fingerprint density at radius 2 is 2.22 bits per heavy atom. The van der Waals surface area contributed by atoms with E-state index in [0.29, 0.717) is 12.1 Å². The first-order chi connectivity index (χ1) is 8.76. The van der Waals surface area contributed by atoms with Gasteiger partial charge in [-0.15, -0.1) is 0 Å². The lowest BCUT2D eigenvalue weighted by molar-refractivity contribution is 0.0170. The summed E-state index contributed by atoms with van der Waals surface area (Å²) >= 11 is 0. The Labute approximate surface area is 109 Å². The highest BCUT2D eigenvalue weighted by molar-refractivity contribution is 5.58. The molecule has 0 atom stereocenters. The molecule has 1 aliphatic carbocycles. The van der Waals surface area contributed by atoms with Gasteiger partial charge in [-0.25, -0.2) is 0 Å². The van der Waals surface area contributed by atoms with Crippen LogP contribution in [0.1, 0.15) is 24.0 Å². The topological polar surface area (TPSA) is 24.5 Å². The van der Waals surface area contributed by atoms with Crippen LogP contribution in [0.2, 0.25) is 0 Å². The van der Waals surface area contributed by atoms with Gasteiger partial charge < -0.3 is 15.0 Å². The van der Waals surface area contributed by atoms with Crippen molar-refractivity contribution in [1.82, 2.24) is 5.32 Å². The lowest BCUT2D eigenvalue weighted by Crippen LogP contribution is -2.44. The molecule has 0 spiro atoms. The number of nitrogens with zero attached hydrogens (tertiary/aromatic N) is 1. The quantitative estimate of drug-likeness (QED) is 0.879. The molecular formula is C15H22N2O. The summed E-state index contributed by atoms with van der Waals surface area (Å²) in [6.07, 6.45) is 3.99. The van der Waals surface area contributed by atoms with E-state index < -0.39 is 0 Å². The third-order valence-corrected chi connectivity index (χ3v) is 4.29. The first-order valence-electron chi connectivity index (χ1n) is 6.85. The lowest BCUT2D eigenvalue weighted by Gasteiger charge is -2.34. The molecule has 3 heteroatoms. The molecule has 0 amide bonds. The monoisotopic (exact) mass is 246 g/mol. The summed E-state index contributed by atoms with van der Waals surface area (Å²) in [5.74, 6) is 0. The van der Waals surface area contributed by atoms with Crippen molar-refractivity contribution in [2.45, 2.75) is 38.0 Å². The summed E-state index contributed by atoms with van der Waals surface area (Å²) in [4.78, 5) is 2.33. The van der Waals surface area contributed by atoms with Gasteiger partial charge in [0.25, 0.3) is 0 Å². The highest BCUT2D eigenvalue weighted by atomic mass is 16.5. The van der Waals surface area contributed by atoms with Gasteiger partial charge in [0.15, 0.2) is 0 Å². The Bertz CT molecular complexity index is 427. The van der Waals surface area contributed by atoms with Gasteiger partial charge in [-0.2, -0.15) is 0 Å². The molecule has 18 heavy (non-hydrogen) atoms. The van der Waals surface area contributed by atoms with Crippen LogP contribution < -0.4 is 10.2 Å². The van der Waals surface area contributed by atoms with Crippen LogP contribution in [0.15, 0.2) is 18.2 Å². The zero-order valence-electron chi connectivity index (χ0n) is 11.3. The molecule has 0 saturated heterocycles. The van der Waals surface area contributed by atoms with Crippen molar-refractivity contribution in [3.8, 4) is 0 Å². The normalized spacial score (nSPS) is 26.0. The Morgan fingerprint density at radius 1 is 1.39 bits per heavy atom.